The zero-order valence-electron chi connectivity index (χ0n) is 15.9. The van der Waals surface area contributed by atoms with Gasteiger partial charge in [-0.05, 0) is 48.5 Å². The zero-order valence-corrected chi connectivity index (χ0v) is 18.3. The first-order valence-corrected chi connectivity index (χ1v) is 10.5. The maximum atomic E-state index is 11.8. The number of rotatable bonds is 8. The number of halogens is 1. The van der Waals surface area contributed by atoms with E-state index in [1.165, 1.54) is 11.6 Å². The van der Waals surface area contributed by atoms with Crippen molar-refractivity contribution in [2.75, 3.05) is 0 Å². The van der Waals surface area contributed by atoms with Gasteiger partial charge < -0.3 is 14.3 Å². The van der Waals surface area contributed by atoms with E-state index in [1.54, 1.807) is 12.1 Å². The third-order valence-corrected chi connectivity index (χ3v) is 5.28. The number of carbonyl (C=O) groups is 1. The lowest BCUT2D eigenvalue weighted by Gasteiger charge is -2.11. The van der Waals surface area contributed by atoms with Crippen molar-refractivity contribution in [1.29, 1.82) is 0 Å². The van der Waals surface area contributed by atoms with Crippen molar-refractivity contribution in [3.8, 4) is 5.75 Å². The summed E-state index contributed by atoms with van der Waals surface area (Å²) in [7, 11) is 0. The number of aliphatic carboxylic acids is 1. The molecular formula is C21H19BrN2O4S. The fourth-order valence-electron chi connectivity index (χ4n) is 2.40. The Morgan fingerprint density at radius 1 is 1.24 bits per heavy atom. The average Bonchev–Trinajstić information content (AvgIpc) is 3.16. The first-order chi connectivity index (χ1) is 13.9. The summed E-state index contributed by atoms with van der Waals surface area (Å²) in [5.41, 5.74) is 2.84. The molecule has 0 atom stereocenters. The molecule has 0 aliphatic heterocycles. The highest BCUT2D eigenvalue weighted by atomic mass is 79.9. The Kier molecular flexibility index (Phi) is 7.11. The Morgan fingerprint density at radius 3 is 2.66 bits per heavy atom. The number of hydrogen-bond donors (Lipinski definition) is 1. The largest absolute Gasteiger partial charge is 0.488 e. The highest BCUT2D eigenvalue weighted by molar-refractivity contribution is 9.10. The molecule has 1 N–H and O–H groups in total. The quantitative estimate of drug-likeness (QED) is 0.340. The molecule has 0 fully saturated rings. The molecule has 3 rings (SSSR count). The van der Waals surface area contributed by atoms with E-state index in [1.807, 2.05) is 44.2 Å². The number of aryl methyl sites for hydroxylation is 2. The summed E-state index contributed by atoms with van der Waals surface area (Å²) in [6, 6.07) is 13.5. The van der Waals surface area contributed by atoms with Crippen molar-refractivity contribution >= 4 is 39.7 Å². The molecule has 1 heterocycles. The second kappa shape index (κ2) is 9.76. The monoisotopic (exact) mass is 474 g/mol. The van der Waals surface area contributed by atoms with Crippen LogP contribution < -0.4 is 4.74 Å². The average molecular weight is 475 g/mol. The summed E-state index contributed by atoms with van der Waals surface area (Å²) in [5.74, 6) is -0.0505. The molecule has 2 aromatic carbocycles. The standard InChI is InChI=1S/C21H19BrN2O4S/c1-3-19-23-24-21(28-19)29-18(20(25)26)11-15-10-16(22)8-9-17(15)27-12-14-6-4-13(2)5-7-14/h4-11H,3,12H2,1-2H3,(H,25,26)/b18-11-. The van der Waals surface area contributed by atoms with Gasteiger partial charge in [-0.15, -0.1) is 10.2 Å². The molecule has 0 bridgehead atoms. The second-order valence-corrected chi connectivity index (χ2v) is 8.10. The van der Waals surface area contributed by atoms with Crippen LogP contribution in [0.3, 0.4) is 0 Å². The lowest BCUT2D eigenvalue weighted by Crippen LogP contribution is -2.00. The molecule has 0 aliphatic rings. The SMILES string of the molecule is CCc1nnc(S/C(=C\c2cc(Br)ccc2OCc2ccc(C)cc2)C(=O)O)o1. The van der Waals surface area contributed by atoms with Gasteiger partial charge in [0.1, 0.15) is 17.3 Å². The Hall–Kier alpha value is -2.58. The summed E-state index contributed by atoms with van der Waals surface area (Å²) >= 11 is 4.34. The first-order valence-electron chi connectivity index (χ1n) is 8.87. The van der Waals surface area contributed by atoms with Gasteiger partial charge in [0.05, 0.1) is 0 Å². The highest BCUT2D eigenvalue weighted by Crippen LogP contribution is 2.32. The van der Waals surface area contributed by atoms with Crippen molar-refractivity contribution < 1.29 is 19.1 Å². The Morgan fingerprint density at radius 2 is 2.00 bits per heavy atom. The molecular weight excluding hydrogens is 456 g/mol. The van der Waals surface area contributed by atoms with Crippen LogP contribution in [0.15, 0.2) is 61.5 Å². The van der Waals surface area contributed by atoms with Crippen molar-refractivity contribution in [2.45, 2.75) is 32.1 Å². The minimum Gasteiger partial charge on any atom is -0.488 e. The minimum atomic E-state index is -1.09. The van der Waals surface area contributed by atoms with Gasteiger partial charge in [0, 0.05) is 16.5 Å². The highest BCUT2D eigenvalue weighted by Gasteiger charge is 2.16. The first kappa shape index (κ1) is 21.1. The van der Waals surface area contributed by atoms with Gasteiger partial charge in [-0.1, -0.05) is 52.7 Å². The fraction of sp³-hybridized carbons (Fsp3) is 0.190. The predicted molar refractivity (Wildman–Crippen MR) is 115 cm³/mol. The summed E-state index contributed by atoms with van der Waals surface area (Å²) in [4.78, 5) is 11.8. The number of thioether (sulfide) groups is 1. The van der Waals surface area contributed by atoms with Crippen LogP contribution in [0.25, 0.3) is 6.08 Å². The molecule has 8 heteroatoms. The molecule has 3 aromatic rings. The lowest BCUT2D eigenvalue weighted by molar-refractivity contribution is -0.131. The van der Waals surface area contributed by atoms with Gasteiger partial charge in [-0.2, -0.15) is 0 Å². The van der Waals surface area contributed by atoms with Gasteiger partial charge in [-0.3, -0.25) is 0 Å². The fourth-order valence-corrected chi connectivity index (χ4v) is 3.46. The van der Waals surface area contributed by atoms with E-state index in [2.05, 4.69) is 26.1 Å². The van der Waals surface area contributed by atoms with Gasteiger partial charge in [0.2, 0.25) is 5.89 Å². The van der Waals surface area contributed by atoms with E-state index in [0.29, 0.717) is 30.2 Å². The van der Waals surface area contributed by atoms with E-state index in [-0.39, 0.29) is 10.1 Å². The summed E-state index contributed by atoms with van der Waals surface area (Å²) < 4.78 is 12.2. The van der Waals surface area contributed by atoms with Crippen molar-refractivity contribution in [2.24, 2.45) is 0 Å². The van der Waals surface area contributed by atoms with Crippen LogP contribution in [-0.4, -0.2) is 21.3 Å². The van der Waals surface area contributed by atoms with Crippen LogP contribution in [0.2, 0.25) is 0 Å². The van der Waals surface area contributed by atoms with E-state index in [4.69, 9.17) is 9.15 Å². The zero-order chi connectivity index (χ0) is 20.8. The molecule has 6 nitrogen and oxygen atoms in total. The van der Waals surface area contributed by atoms with Crippen molar-refractivity contribution in [1.82, 2.24) is 10.2 Å². The van der Waals surface area contributed by atoms with Crippen LogP contribution in [-0.2, 0) is 17.8 Å². The lowest BCUT2D eigenvalue weighted by atomic mass is 10.1. The maximum absolute atomic E-state index is 11.8. The van der Waals surface area contributed by atoms with Crippen LogP contribution >= 0.6 is 27.7 Å². The smallest absolute Gasteiger partial charge is 0.342 e. The third-order valence-electron chi connectivity index (χ3n) is 3.93. The van der Waals surface area contributed by atoms with Gasteiger partial charge in [-0.25, -0.2) is 4.79 Å². The van der Waals surface area contributed by atoms with Crippen LogP contribution in [0.4, 0.5) is 0 Å². The van der Waals surface area contributed by atoms with E-state index >= 15 is 0 Å². The van der Waals surface area contributed by atoms with Gasteiger partial charge in [0.25, 0.3) is 5.22 Å². The van der Waals surface area contributed by atoms with Gasteiger partial charge >= 0.3 is 5.97 Å². The molecule has 0 unspecified atom stereocenters. The normalized spacial score (nSPS) is 11.5. The van der Waals surface area contributed by atoms with E-state index in [0.717, 1.165) is 21.8 Å². The van der Waals surface area contributed by atoms with Crippen LogP contribution in [0, 0.1) is 6.92 Å². The Balaban J connectivity index is 1.85. The molecule has 0 spiro atoms. The van der Waals surface area contributed by atoms with Crippen LogP contribution in [0.5, 0.6) is 5.75 Å². The van der Waals surface area contributed by atoms with E-state index < -0.39 is 5.97 Å². The number of benzene rings is 2. The molecule has 1 aromatic heterocycles. The van der Waals surface area contributed by atoms with Crippen molar-refractivity contribution in [3.05, 3.63) is 74.4 Å². The van der Waals surface area contributed by atoms with Crippen LogP contribution in [0.1, 0.15) is 29.5 Å². The number of ether oxygens (including phenoxy) is 1. The summed E-state index contributed by atoms with van der Waals surface area (Å²) in [6.07, 6.45) is 2.13. The third kappa shape index (κ3) is 5.95. The topological polar surface area (TPSA) is 85.5 Å². The summed E-state index contributed by atoms with van der Waals surface area (Å²) in [6.45, 7) is 4.29. The molecule has 0 saturated heterocycles. The molecule has 0 radical (unpaired) electrons. The molecule has 0 amide bonds. The number of aromatic nitrogens is 2. The minimum absolute atomic E-state index is 0.0505. The summed E-state index contributed by atoms with van der Waals surface area (Å²) in [5, 5.41) is 17.6. The van der Waals surface area contributed by atoms with E-state index in [9.17, 15) is 9.90 Å². The number of carboxylic acids is 1. The molecule has 29 heavy (non-hydrogen) atoms. The molecule has 0 saturated carbocycles. The number of hydrogen-bond acceptors (Lipinski definition) is 6. The predicted octanol–water partition coefficient (Wildman–Crippen LogP) is 5.50. The number of carboxylic acid groups (broad SMARTS) is 1. The van der Waals surface area contributed by atoms with Crippen molar-refractivity contribution in [3.63, 3.8) is 0 Å². The Labute approximate surface area is 181 Å². The second-order valence-electron chi connectivity index (χ2n) is 6.19. The van der Waals surface area contributed by atoms with Gasteiger partial charge in [0.15, 0.2) is 0 Å². The number of nitrogens with zero attached hydrogens (tertiary/aromatic N) is 2. The Bertz CT molecular complexity index is 1030. The molecule has 150 valence electrons. The molecule has 0 aliphatic carbocycles. The maximum Gasteiger partial charge on any atom is 0.342 e.